The van der Waals surface area contributed by atoms with E-state index in [-0.39, 0.29) is 17.2 Å². The van der Waals surface area contributed by atoms with Gasteiger partial charge in [-0.3, -0.25) is 4.79 Å². The number of carbonyl (C=O) groups excluding carboxylic acids is 1. The van der Waals surface area contributed by atoms with Crippen LogP contribution in [0.15, 0.2) is 29.1 Å². The first kappa shape index (κ1) is 13.6. The van der Waals surface area contributed by atoms with Crippen molar-refractivity contribution in [3.63, 3.8) is 0 Å². The monoisotopic (exact) mass is 279 g/mol. The van der Waals surface area contributed by atoms with E-state index in [4.69, 9.17) is 16.3 Å². The highest BCUT2D eigenvalue weighted by molar-refractivity contribution is 6.38. The Kier molecular flexibility index (Phi) is 3.90. The van der Waals surface area contributed by atoms with Gasteiger partial charge in [0.15, 0.2) is 0 Å². The molecule has 0 aliphatic rings. The minimum Gasteiger partial charge on any atom is -0.462 e. The largest absolute Gasteiger partial charge is 0.462 e. The third kappa shape index (κ3) is 2.24. The van der Waals surface area contributed by atoms with E-state index in [0.717, 1.165) is 0 Å². The molecule has 1 aromatic carbocycles. The summed E-state index contributed by atoms with van der Waals surface area (Å²) < 4.78 is 6.42. The molecule has 1 aromatic heterocycles. The Hall–Kier alpha value is -1.81. The van der Waals surface area contributed by atoms with Gasteiger partial charge in [0, 0.05) is 11.9 Å². The van der Waals surface area contributed by atoms with Crippen LogP contribution in [-0.4, -0.2) is 17.1 Å². The van der Waals surface area contributed by atoms with Gasteiger partial charge in [-0.2, -0.15) is 0 Å². The second-order valence-electron chi connectivity index (χ2n) is 3.98. The number of hydrogen-bond donors (Lipinski definition) is 0. The molecule has 0 saturated heterocycles. The maximum Gasteiger partial charge on any atom is 0.345 e. The van der Waals surface area contributed by atoms with E-state index >= 15 is 0 Å². The highest BCUT2D eigenvalue weighted by atomic mass is 35.5. The van der Waals surface area contributed by atoms with Gasteiger partial charge in [0.25, 0.3) is 5.56 Å². The molecule has 19 heavy (non-hydrogen) atoms. The molecule has 0 aliphatic carbocycles. The lowest BCUT2D eigenvalue weighted by molar-refractivity contribution is 0.0524. The number of aromatic nitrogens is 1. The summed E-state index contributed by atoms with van der Waals surface area (Å²) in [5, 5.41) is 0.831. The quantitative estimate of drug-likeness (QED) is 0.812. The van der Waals surface area contributed by atoms with Crippen molar-refractivity contribution >= 4 is 28.5 Å². The highest BCUT2D eigenvalue weighted by Crippen LogP contribution is 2.25. The van der Waals surface area contributed by atoms with Crippen LogP contribution in [0.2, 0.25) is 5.02 Å². The molecule has 0 N–H and O–H groups in total. The molecule has 0 bridgehead atoms. The summed E-state index contributed by atoms with van der Waals surface area (Å²) in [5.41, 5.74) is 0.210. The minimum absolute atomic E-state index is 0.0935. The summed E-state index contributed by atoms with van der Waals surface area (Å²) in [6, 6.07) is 7.23. The van der Waals surface area contributed by atoms with E-state index in [1.165, 1.54) is 4.57 Å². The predicted octanol–water partition coefficient (Wildman–Crippen LogP) is 2.85. The maximum atomic E-state index is 12.3. The Morgan fingerprint density at radius 1 is 1.32 bits per heavy atom. The van der Waals surface area contributed by atoms with Gasteiger partial charge in [0.2, 0.25) is 0 Å². The smallest absolute Gasteiger partial charge is 0.345 e. The number of nitrogens with zero attached hydrogens (tertiary/aromatic N) is 1. The molecule has 0 spiro atoms. The fourth-order valence-electron chi connectivity index (χ4n) is 2.06. The van der Waals surface area contributed by atoms with Crippen LogP contribution >= 0.6 is 11.6 Å². The van der Waals surface area contributed by atoms with Gasteiger partial charge in [0.1, 0.15) is 5.56 Å². The third-order valence-corrected chi connectivity index (χ3v) is 3.30. The Balaban J connectivity index is 2.85. The Morgan fingerprint density at radius 3 is 2.63 bits per heavy atom. The molecule has 2 rings (SSSR count). The molecular weight excluding hydrogens is 266 g/mol. The summed E-state index contributed by atoms with van der Waals surface area (Å²) >= 11 is 6.19. The van der Waals surface area contributed by atoms with E-state index in [0.29, 0.717) is 17.4 Å². The van der Waals surface area contributed by atoms with Gasteiger partial charge >= 0.3 is 5.97 Å². The maximum absolute atomic E-state index is 12.3. The zero-order chi connectivity index (χ0) is 14.0. The van der Waals surface area contributed by atoms with Crippen molar-refractivity contribution in [2.75, 3.05) is 6.61 Å². The van der Waals surface area contributed by atoms with E-state index in [2.05, 4.69) is 0 Å². The lowest BCUT2D eigenvalue weighted by Crippen LogP contribution is -2.28. The zero-order valence-electron chi connectivity index (χ0n) is 10.8. The van der Waals surface area contributed by atoms with Gasteiger partial charge in [-0.15, -0.1) is 0 Å². The number of fused-ring (bicyclic) bond motifs is 1. The van der Waals surface area contributed by atoms with Gasteiger partial charge < -0.3 is 9.30 Å². The van der Waals surface area contributed by atoms with E-state index < -0.39 is 11.5 Å². The Morgan fingerprint density at radius 2 is 2.00 bits per heavy atom. The van der Waals surface area contributed by atoms with Crippen molar-refractivity contribution in [3.8, 4) is 0 Å². The predicted molar refractivity (Wildman–Crippen MR) is 74.8 cm³/mol. The number of rotatable bonds is 3. The fourth-order valence-corrected chi connectivity index (χ4v) is 2.38. The first-order valence-electron chi connectivity index (χ1n) is 6.10. The minimum atomic E-state index is -0.676. The molecular formula is C14H14ClNO3. The number of ether oxygens (including phenoxy) is 1. The van der Waals surface area contributed by atoms with E-state index in [1.54, 1.807) is 19.1 Å². The SMILES string of the molecule is CCOC(=O)c1c(Cl)c2ccccc2n(CC)c1=O. The fraction of sp³-hybridized carbons (Fsp3) is 0.286. The molecule has 0 radical (unpaired) electrons. The third-order valence-electron chi connectivity index (χ3n) is 2.91. The second kappa shape index (κ2) is 5.45. The molecule has 1 heterocycles. The number of esters is 1. The molecule has 2 aromatic rings. The number of pyridine rings is 1. The van der Waals surface area contributed by atoms with Crippen molar-refractivity contribution in [2.45, 2.75) is 20.4 Å². The number of aryl methyl sites for hydroxylation is 1. The molecule has 5 heteroatoms. The van der Waals surface area contributed by atoms with Crippen molar-refractivity contribution in [1.29, 1.82) is 0 Å². The Bertz CT molecular complexity index is 691. The van der Waals surface area contributed by atoms with E-state index in [1.807, 2.05) is 19.1 Å². The van der Waals surface area contributed by atoms with Crippen LogP contribution in [0, 0.1) is 0 Å². The van der Waals surface area contributed by atoms with Crippen LogP contribution in [-0.2, 0) is 11.3 Å². The van der Waals surface area contributed by atoms with Gasteiger partial charge in [-0.1, -0.05) is 29.8 Å². The van der Waals surface area contributed by atoms with Gasteiger partial charge in [-0.25, -0.2) is 4.79 Å². The van der Waals surface area contributed by atoms with Crippen LogP contribution in [0.1, 0.15) is 24.2 Å². The lowest BCUT2D eigenvalue weighted by atomic mass is 10.1. The molecule has 100 valence electrons. The first-order valence-corrected chi connectivity index (χ1v) is 6.47. The Labute approximate surface area is 115 Å². The molecule has 0 unspecified atom stereocenters. The number of para-hydroxylation sites is 1. The normalized spacial score (nSPS) is 10.7. The van der Waals surface area contributed by atoms with Gasteiger partial charge in [0.05, 0.1) is 17.1 Å². The summed E-state index contributed by atoms with van der Waals surface area (Å²) in [5.74, 6) is -0.676. The number of hydrogen-bond acceptors (Lipinski definition) is 3. The summed E-state index contributed by atoms with van der Waals surface area (Å²) in [6.07, 6.45) is 0. The molecule has 0 fully saturated rings. The van der Waals surface area contributed by atoms with Crippen molar-refractivity contribution < 1.29 is 9.53 Å². The molecule has 0 amide bonds. The van der Waals surface area contributed by atoms with Gasteiger partial charge in [-0.05, 0) is 19.9 Å². The number of carbonyl (C=O) groups is 1. The average molecular weight is 280 g/mol. The summed E-state index contributed by atoms with van der Waals surface area (Å²) in [6.45, 7) is 4.19. The second-order valence-corrected chi connectivity index (χ2v) is 4.35. The number of benzene rings is 1. The van der Waals surface area contributed by atoms with E-state index in [9.17, 15) is 9.59 Å². The molecule has 0 aliphatic heterocycles. The zero-order valence-corrected chi connectivity index (χ0v) is 11.5. The standard InChI is InChI=1S/C14H14ClNO3/c1-3-16-10-8-6-5-7-9(10)12(15)11(13(16)17)14(18)19-4-2/h5-8H,3-4H2,1-2H3. The van der Waals surface area contributed by atoms with Crippen molar-refractivity contribution in [3.05, 3.63) is 45.2 Å². The van der Waals surface area contributed by atoms with Crippen LogP contribution in [0.4, 0.5) is 0 Å². The lowest BCUT2D eigenvalue weighted by Gasteiger charge is -2.12. The van der Waals surface area contributed by atoms with Crippen molar-refractivity contribution in [2.24, 2.45) is 0 Å². The van der Waals surface area contributed by atoms with Crippen molar-refractivity contribution in [1.82, 2.24) is 4.57 Å². The highest BCUT2D eigenvalue weighted by Gasteiger charge is 2.21. The topological polar surface area (TPSA) is 48.3 Å². The van der Waals surface area contributed by atoms with Crippen LogP contribution in [0.5, 0.6) is 0 Å². The molecule has 0 saturated carbocycles. The summed E-state index contributed by atoms with van der Waals surface area (Å²) in [7, 11) is 0. The van der Waals surface area contributed by atoms with Crippen LogP contribution < -0.4 is 5.56 Å². The molecule has 0 atom stereocenters. The van der Waals surface area contributed by atoms with Crippen LogP contribution in [0.25, 0.3) is 10.9 Å². The first-order chi connectivity index (χ1) is 9.11. The molecule has 4 nitrogen and oxygen atoms in total. The average Bonchev–Trinajstić information content (AvgIpc) is 2.40. The number of halogens is 1. The summed E-state index contributed by atoms with van der Waals surface area (Å²) in [4.78, 5) is 24.2. The van der Waals surface area contributed by atoms with Crippen LogP contribution in [0.3, 0.4) is 0 Å².